The van der Waals surface area contributed by atoms with Crippen LogP contribution in [0.4, 0.5) is 5.69 Å². The molecule has 0 aliphatic carbocycles. The molecular formula is C12H19N3. The van der Waals surface area contributed by atoms with Crippen molar-refractivity contribution in [2.24, 2.45) is 11.7 Å². The van der Waals surface area contributed by atoms with Gasteiger partial charge in [0.15, 0.2) is 0 Å². The third kappa shape index (κ3) is 2.69. The first-order valence-corrected chi connectivity index (χ1v) is 5.75. The SMILES string of the molecule is NCCC1CCCN(c2cccnc2)C1. The molecule has 3 heteroatoms. The summed E-state index contributed by atoms with van der Waals surface area (Å²) in [5.74, 6) is 0.768. The lowest BCUT2D eigenvalue weighted by Crippen LogP contribution is -2.36. The Balaban J connectivity index is 1.98. The molecule has 1 fully saturated rings. The molecule has 0 radical (unpaired) electrons. The summed E-state index contributed by atoms with van der Waals surface area (Å²) in [5.41, 5.74) is 6.86. The highest BCUT2D eigenvalue weighted by Gasteiger charge is 2.19. The van der Waals surface area contributed by atoms with Gasteiger partial charge in [-0.15, -0.1) is 0 Å². The quantitative estimate of drug-likeness (QED) is 0.815. The maximum Gasteiger partial charge on any atom is 0.0552 e. The highest BCUT2D eigenvalue weighted by atomic mass is 15.1. The van der Waals surface area contributed by atoms with Crippen LogP contribution in [0.2, 0.25) is 0 Å². The van der Waals surface area contributed by atoms with Gasteiger partial charge in [0.05, 0.1) is 11.9 Å². The van der Waals surface area contributed by atoms with E-state index in [2.05, 4.69) is 16.0 Å². The molecule has 1 aliphatic rings. The van der Waals surface area contributed by atoms with E-state index in [1.54, 1.807) is 0 Å². The molecule has 0 aromatic carbocycles. The number of rotatable bonds is 3. The van der Waals surface area contributed by atoms with Crippen molar-refractivity contribution in [3.8, 4) is 0 Å². The van der Waals surface area contributed by atoms with Crippen LogP contribution < -0.4 is 10.6 Å². The lowest BCUT2D eigenvalue weighted by atomic mass is 9.94. The van der Waals surface area contributed by atoms with Gasteiger partial charge in [-0.2, -0.15) is 0 Å². The summed E-state index contributed by atoms with van der Waals surface area (Å²) in [6.45, 7) is 3.11. The number of piperidine rings is 1. The van der Waals surface area contributed by atoms with E-state index in [0.29, 0.717) is 0 Å². The molecule has 0 bridgehead atoms. The van der Waals surface area contributed by atoms with E-state index in [4.69, 9.17) is 5.73 Å². The molecule has 2 heterocycles. The van der Waals surface area contributed by atoms with Crippen LogP contribution in [0.15, 0.2) is 24.5 Å². The van der Waals surface area contributed by atoms with Gasteiger partial charge in [0.2, 0.25) is 0 Å². The summed E-state index contributed by atoms with van der Waals surface area (Å²) >= 11 is 0. The molecule has 0 saturated carbocycles. The topological polar surface area (TPSA) is 42.1 Å². The molecule has 1 unspecified atom stereocenters. The Bertz CT molecular complexity index is 284. The monoisotopic (exact) mass is 205 g/mol. The van der Waals surface area contributed by atoms with E-state index >= 15 is 0 Å². The average Bonchev–Trinajstić information content (AvgIpc) is 2.31. The average molecular weight is 205 g/mol. The van der Waals surface area contributed by atoms with E-state index in [-0.39, 0.29) is 0 Å². The molecule has 2 N–H and O–H groups in total. The molecular weight excluding hydrogens is 186 g/mol. The number of hydrogen-bond donors (Lipinski definition) is 1. The summed E-state index contributed by atoms with van der Waals surface area (Å²) in [6.07, 6.45) is 7.53. The summed E-state index contributed by atoms with van der Waals surface area (Å²) in [5, 5.41) is 0. The van der Waals surface area contributed by atoms with E-state index < -0.39 is 0 Å². The van der Waals surface area contributed by atoms with Gasteiger partial charge in [0.25, 0.3) is 0 Å². The van der Waals surface area contributed by atoms with Gasteiger partial charge in [-0.1, -0.05) is 0 Å². The highest BCUT2D eigenvalue weighted by molar-refractivity contribution is 5.43. The molecule has 1 saturated heterocycles. The van der Waals surface area contributed by atoms with Crippen LogP contribution in [0, 0.1) is 5.92 Å². The molecule has 0 amide bonds. The fraction of sp³-hybridized carbons (Fsp3) is 0.583. The molecule has 3 nitrogen and oxygen atoms in total. The first-order valence-electron chi connectivity index (χ1n) is 5.75. The molecule has 2 rings (SSSR count). The fourth-order valence-electron chi connectivity index (χ4n) is 2.31. The lowest BCUT2D eigenvalue weighted by molar-refractivity contribution is 0.396. The van der Waals surface area contributed by atoms with Crippen molar-refractivity contribution in [1.29, 1.82) is 0 Å². The van der Waals surface area contributed by atoms with E-state index in [0.717, 1.165) is 32.0 Å². The zero-order chi connectivity index (χ0) is 10.5. The molecule has 1 aromatic rings. The highest BCUT2D eigenvalue weighted by Crippen LogP contribution is 2.23. The third-order valence-corrected chi connectivity index (χ3v) is 3.10. The van der Waals surface area contributed by atoms with Crippen molar-refractivity contribution < 1.29 is 0 Å². The van der Waals surface area contributed by atoms with Crippen molar-refractivity contribution in [3.05, 3.63) is 24.5 Å². The van der Waals surface area contributed by atoms with Crippen molar-refractivity contribution in [3.63, 3.8) is 0 Å². The van der Waals surface area contributed by atoms with Crippen molar-refractivity contribution >= 4 is 5.69 Å². The van der Waals surface area contributed by atoms with E-state index in [1.165, 1.54) is 18.5 Å². The van der Waals surface area contributed by atoms with Crippen molar-refractivity contribution in [2.45, 2.75) is 19.3 Å². The minimum Gasteiger partial charge on any atom is -0.370 e. The first-order chi connectivity index (χ1) is 7.40. The Kier molecular flexibility index (Phi) is 3.56. The predicted molar refractivity (Wildman–Crippen MR) is 62.8 cm³/mol. The Hall–Kier alpha value is -1.09. The van der Waals surface area contributed by atoms with Crippen molar-refractivity contribution in [1.82, 2.24) is 4.98 Å². The summed E-state index contributed by atoms with van der Waals surface area (Å²) < 4.78 is 0. The fourth-order valence-corrected chi connectivity index (χ4v) is 2.31. The van der Waals surface area contributed by atoms with E-state index in [9.17, 15) is 0 Å². The van der Waals surface area contributed by atoms with Gasteiger partial charge in [-0.05, 0) is 43.9 Å². The number of pyridine rings is 1. The van der Waals surface area contributed by atoms with Crippen LogP contribution in [0.3, 0.4) is 0 Å². The number of nitrogens with zero attached hydrogens (tertiary/aromatic N) is 2. The Labute approximate surface area is 91.3 Å². The number of hydrogen-bond acceptors (Lipinski definition) is 3. The molecule has 82 valence electrons. The molecule has 1 aromatic heterocycles. The number of aromatic nitrogens is 1. The maximum absolute atomic E-state index is 5.61. The summed E-state index contributed by atoms with van der Waals surface area (Å²) in [4.78, 5) is 6.59. The van der Waals surface area contributed by atoms with Crippen LogP contribution in [-0.2, 0) is 0 Å². The number of nitrogens with two attached hydrogens (primary N) is 1. The van der Waals surface area contributed by atoms with Gasteiger partial charge in [0, 0.05) is 19.3 Å². The third-order valence-electron chi connectivity index (χ3n) is 3.10. The second-order valence-corrected chi connectivity index (χ2v) is 4.24. The summed E-state index contributed by atoms with van der Waals surface area (Å²) in [6, 6.07) is 4.14. The predicted octanol–water partition coefficient (Wildman–Crippen LogP) is 1.65. The van der Waals surface area contributed by atoms with Crippen LogP contribution in [-0.4, -0.2) is 24.6 Å². The standard InChI is InChI=1S/C12H19N3/c13-6-5-11-3-2-8-15(10-11)12-4-1-7-14-9-12/h1,4,7,9,11H,2-3,5-6,8,10,13H2. The van der Waals surface area contributed by atoms with E-state index in [1.807, 2.05) is 18.5 Å². The molecule has 15 heavy (non-hydrogen) atoms. The van der Waals surface area contributed by atoms with Gasteiger partial charge in [0.1, 0.15) is 0 Å². The van der Waals surface area contributed by atoms with Crippen LogP contribution in [0.5, 0.6) is 0 Å². The molecule has 0 spiro atoms. The molecule has 1 atom stereocenters. The van der Waals surface area contributed by atoms with Gasteiger partial charge >= 0.3 is 0 Å². The van der Waals surface area contributed by atoms with Gasteiger partial charge in [-0.25, -0.2) is 0 Å². The zero-order valence-electron chi connectivity index (χ0n) is 9.10. The smallest absolute Gasteiger partial charge is 0.0552 e. The van der Waals surface area contributed by atoms with Gasteiger partial charge in [-0.3, -0.25) is 4.98 Å². The maximum atomic E-state index is 5.61. The second-order valence-electron chi connectivity index (χ2n) is 4.24. The Morgan fingerprint density at radius 2 is 2.47 bits per heavy atom. The Morgan fingerprint density at radius 1 is 1.53 bits per heavy atom. The minimum atomic E-state index is 0.768. The van der Waals surface area contributed by atoms with Crippen LogP contribution >= 0.6 is 0 Å². The molecule has 1 aliphatic heterocycles. The first kappa shape index (κ1) is 10.4. The lowest BCUT2D eigenvalue weighted by Gasteiger charge is -2.34. The second kappa shape index (κ2) is 5.12. The zero-order valence-corrected chi connectivity index (χ0v) is 9.10. The van der Waals surface area contributed by atoms with Gasteiger partial charge < -0.3 is 10.6 Å². The van der Waals surface area contributed by atoms with Crippen LogP contribution in [0.1, 0.15) is 19.3 Å². The number of anilines is 1. The summed E-state index contributed by atoms with van der Waals surface area (Å²) in [7, 11) is 0. The van der Waals surface area contributed by atoms with Crippen molar-refractivity contribution in [2.75, 3.05) is 24.5 Å². The normalized spacial score (nSPS) is 21.7. The van der Waals surface area contributed by atoms with Crippen LogP contribution in [0.25, 0.3) is 0 Å². The minimum absolute atomic E-state index is 0.768. The largest absolute Gasteiger partial charge is 0.370 e. The Morgan fingerprint density at radius 3 is 3.20 bits per heavy atom.